The third-order valence-electron chi connectivity index (χ3n) is 3.49. The van der Waals surface area contributed by atoms with Crippen LogP contribution in [0.1, 0.15) is 11.3 Å². The number of H-pyrrole nitrogens is 1. The number of carbonyl (C=O) groups is 1. The molecular weight excluding hydrogens is 419 g/mol. The number of aromatic nitrogens is 5. The Morgan fingerprint density at radius 3 is 2.75 bits per heavy atom. The number of hydrogen-bond acceptors (Lipinski definition) is 6. The Bertz CT molecular complexity index is 1020. The third kappa shape index (κ3) is 4.39. The minimum absolute atomic E-state index is 0.0861. The molecule has 3 aromatic rings. The number of anilines is 1. The summed E-state index contributed by atoms with van der Waals surface area (Å²) >= 11 is 6.54. The van der Waals surface area contributed by atoms with E-state index in [4.69, 9.17) is 17.4 Å². The van der Waals surface area contributed by atoms with Crippen LogP contribution in [0.2, 0.25) is 5.02 Å². The summed E-state index contributed by atoms with van der Waals surface area (Å²) < 4.78 is 40.4. The van der Waals surface area contributed by atoms with Crippen molar-refractivity contribution >= 4 is 35.0 Å². The highest BCUT2D eigenvalue weighted by atomic mass is 35.5. The van der Waals surface area contributed by atoms with Crippen LogP contribution in [0, 0.1) is 6.92 Å². The second kappa shape index (κ2) is 7.72. The number of benzene rings is 1. The molecule has 1 amide bonds. The molecule has 28 heavy (non-hydrogen) atoms. The molecule has 0 spiro atoms. The Kier molecular flexibility index (Phi) is 5.52. The normalized spacial score (nSPS) is 11.6. The van der Waals surface area contributed by atoms with Crippen molar-refractivity contribution < 1.29 is 18.0 Å². The fraction of sp³-hybridized carbons (Fsp3) is 0.200. The van der Waals surface area contributed by atoms with E-state index in [1.54, 1.807) is 13.0 Å². The number of halogens is 4. The van der Waals surface area contributed by atoms with E-state index in [-0.39, 0.29) is 27.4 Å². The lowest BCUT2D eigenvalue weighted by atomic mass is 10.1. The number of nitrogens with zero attached hydrogens (tertiary/aromatic N) is 4. The van der Waals surface area contributed by atoms with Gasteiger partial charge in [0.2, 0.25) is 16.9 Å². The van der Waals surface area contributed by atoms with Crippen molar-refractivity contribution in [3.05, 3.63) is 40.5 Å². The molecule has 0 aliphatic rings. The summed E-state index contributed by atoms with van der Waals surface area (Å²) in [4.78, 5) is 12.1. The molecular formula is C15H13ClF3N7OS. The number of nitrogen functional groups attached to an aromatic ring is 1. The summed E-state index contributed by atoms with van der Waals surface area (Å²) in [6.07, 6.45) is -4.66. The number of rotatable bonds is 5. The van der Waals surface area contributed by atoms with Crippen LogP contribution in [0.3, 0.4) is 0 Å². The highest BCUT2D eigenvalue weighted by molar-refractivity contribution is 7.99. The third-order valence-corrected chi connectivity index (χ3v) is 4.67. The summed E-state index contributed by atoms with van der Waals surface area (Å²) in [5, 5.41) is 16.9. The van der Waals surface area contributed by atoms with Crippen molar-refractivity contribution in [1.29, 1.82) is 0 Å². The van der Waals surface area contributed by atoms with Crippen molar-refractivity contribution in [2.75, 3.05) is 16.9 Å². The highest BCUT2D eigenvalue weighted by Crippen LogP contribution is 2.36. The lowest BCUT2D eigenvalue weighted by Crippen LogP contribution is -2.19. The number of amides is 1. The Balaban J connectivity index is 1.68. The van der Waals surface area contributed by atoms with Gasteiger partial charge in [0, 0.05) is 10.7 Å². The number of alkyl halides is 3. The van der Waals surface area contributed by atoms with Crippen LogP contribution in [0.5, 0.6) is 0 Å². The summed E-state index contributed by atoms with van der Waals surface area (Å²) in [7, 11) is 0. The number of aryl methyl sites for hydroxylation is 1. The average molecular weight is 432 g/mol. The number of nitrogens with one attached hydrogen (secondary N) is 2. The molecule has 0 unspecified atom stereocenters. The van der Waals surface area contributed by atoms with Gasteiger partial charge in [0.1, 0.15) is 5.69 Å². The van der Waals surface area contributed by atoms with Crippen molar-refractivity contribution in [1.82, 2.24) is 25.1 Å². The number of hydrogen-bond donors (Lipinski definition) is 3. The minimum atomic E-state index is -4.66. The standard InChI is InChI=1S/C15H13ClF3N7OS/c1-7-4-11(23-22-7)13-24-25-14(26(13)20)28-6-12(27)21-10-3-2-8(16)5-9(10)15(17,18)19/h2-5H,6,20H2,1H3,(H,21,27)(H,22,23). The molecule has 0 bridgehead atoms. The average Bonchev–Trinajstić information content (AvgIpc) is 3.19. The monoisotopic (exact) mass is 431 g/mol. The van der Waals surface area contributed by atoms with Gasteiger partial charge in [-0.05, 0) is 31.2 Å². The van der Waals surface area contributed by atoms with E-state index < -0.39 is 17.6 Å². The van der Waals surface area contributed by atoms with Crippen molar-refractivity contribution in [3.63, 3.8) is 0 Å². The van der Waals surface area contributed by atoms with Crippen LogP contribution in [-0.2, 0) is 11.0 Å². The Hall–Kier alpha value is -2.73. The first-order valence-electron chi connectivity index (χ1n) is 7.67. The molecule has 0 saturated carbocycles. The van der Waals surface area contributed by atoms with E-state index in [9.17, 15) is 18.0 Å². The Morgan fingerprint density at radius 2 is 2.11 bits per heavy atom. The maximum absolute atomic E-state index is 13.1. The maximum atomic E-state index is 13.1. The zero-order valence-corrected chi connectivity index (χ0v) is 15.8. The molecule has 0 aliphatic heterocycles. The van der Waals surface area contributed by atoms with Crippen molar-refractivity contribution in [2.24, 2.45) is 0 Å². The fourth-order valence-electron chi connectivity index (χ4n) is 2.26. The Labute approximate surface area is 165 Å². The van der Waals surface area contributed by atoms with Gasteiger partial charge in [-0.3, -0.25) is 9.89 Å². The molecule has 4 N–H and O–H groups in total. The number of nitrogens with two attached hydrogens (primary N) is 1. The van der Waals surface area contributed by atoms with Crippen molar-refractivity contribution in [3.8, 4) is 11.5 Å². The maximum Gasteiger partial charge on any atom is 0.418 e. The van der Waals surface area contributed by atoms with E-state index in [2.05, 4.69) is 25.7 Å². The zero-order valence-electron chi connectivity index (χ0n) is 14.2. The summed E-state index contributed by atoms with van der Waals surface area (Å²) in [6, 6.07) is 4.82. The fourth-order valence-corrected chi connectivity index (χ4v) is 3.09. The smallest absolute Gasteiger partial charge is 0.335 e. The predicted octanol–water partition coefficient (Wildman–Crippen LogP) is 3.09. The molecule has 2 heterocycles. The van der Waals surface area contributed by atoms with Gasteiger partial charge in [-0.15, -0.1) is 10.2 Å². The summed E-state index contributed by atoms with van der Waals surface area (Å²) in [6.45, 7) is 1.81. The predicted molar refractivity (Wildman–Crippen MR) is 98.3 cm³/mol. The van der Waals surface area contributed by atoms with E-state index in [1.165, 1.54) is 6.07 Å². The number of carbonyl (C=O) groups excluding carboxylic acids is 1. The van der Waals surface area contributed by atoms with E-state index in [0.29, 0.717) is 5.69 Å². The van der Waals surface area contributed by atoms with Gasteiger partial charge in [0.25, 0.3) is 0 Å². The number of thioether (sulfide) groups is 1. The van der Waals surface area contributed by atoms with E-state index >= 15 is 0 Å². The molecule has 0 atom stereocenters. The number of aromatic amines is 1. The first kappa shape index (κ1) is 20.0. The first-order valence-corrected chi connectivity index (χ1v) is 9.04. The van der Waals surface area contributed by atoms with Crippen LogP contribution >= 0.6 is 23.4 Å². The molecule has 1 aromatic carbocycles. The molecule has 148 valence electrons. The summed E-state index contributed by atoms with van der Waals surface area (Å²) in [5.74, 6) is 5.29. The van der Waals surface area contributed by atoms with E-state index in [0.717, 1.165) is 34.3 Å². The first-order chi connectivity index (χ1) is 13.1. The van der Waals surface area contributed by atoms with Gasteiger partial charge < -0.3 is 11.2 Å². The molecule has 3 rings (SSSR count). The second-order valence-corrected chi connectivity index (χ2v) is 7.02. The van der Waals surface area contributed by atoms with Gasteiger partial charge in [-0.25, -0.2) is 4.68 Å². The lowest BCUT2D eigenvalue weighted by Gasteiger charge is -2.14. The van der Waals surface area contributed by atoms with Crippen LogP contribution in [0.15, 0.2) is 29.4 Å². The molecule has 0 saturated heterocycles. The molecule has 0 fully saturated rings. The van der Waals surface area contributed by atoms with Gasteiger partial charge >= 0.3 is 6.18 Å². The zero-order chi connectivity index (χ0) is 20.5. The van der Waals surface area contributed by atoms with Crippen molar-refractivity contribution in [2.45, 2.75) is 18.3 Å². The second-order valence-electron chi connectivity index (χ2n) is 5.64. The SMILES string of the molecule is Cc1cc(-c2nnc(SCC(=O)Nc3ccc(Cl)cc3C(F)(F)F)n2N)n[nH]1. The van der Waals surface area contributed by atoms with Crippen LogP contribution in [0.25, 0.3) is 11.5 Å². The molecule has 2 aromatic heterocycles. The largest absolute Gasteiger partial charge is 0.418 e. The molecule has 0 radical (unpaired) electrons. The topological polar surface area (TPSA) is 115 Å². The highest BCUT2D eigenvalue weighted by Gasteiger charge is 2.34. The molecule has 8 nitrogen and oxygen atoms in total. The van der Waals surface area contributed by atoms with E-state index in [1.807, 2.05) is 0 Å². The van der Waals surface area contributed by atoms with Gasteiger partial charge in [-0.2, -0.15) is 18.3 Å². The quantitative estimate of drug-likeness (QED) is 0.422. The molecule has 13 heteroatoms. The van der Waals surface area contributed by atoms with Crippen LogP contribution in [-0.4, -0.2) is 36.7 Å². The Morgan fingerprint density at radius 1 is 1.36 bits per heavy atom. The lowest BCUT2D eigenvalue weighted by molar-refractivity contribution is -0.137. The van der Waals surface area contributed by atoms with Gasteiger partial charge in [0.05, 0.1) is 17.0 Å². The van der Waals surface area contributed by atoms with Gasteiger partial charge in [-0.1, -0.05) is 23.4 Å². The van der Waals surface area contributed by atoms with Gasteiger partial charge in [0.15, 0.2) is 0 Å². The van der Waals surface area contributed by atoms with Crippen LogP contribution in [0.4, 0.5) is 18.9 Å². The minimum Gasteiger partial charge on any atom is -0.335 e. The summed E-state index contributed by atoms with van der Waals surface area (Å²) in [5.41, 5.74) is -0.143. The van der Waals surface area contributed by atoms with Crippen LogP contribution < -0.4 is 11.2 Å². The molecule has 0 aliphatic carbocycles.